The molecule has 0 radical (unpaired) electrons. The first-order valence-corrected chi connectivity index (χ1v) is 15.7. The molecule has 2 aromatic rings. The highest BCUT2D eigenvalue weighted by Crippen LogP contribution is 2.30. The first-order valence-electron chi connectivity index (χ1n) is 14.0. The highest BCUT2D eigenvalue weighted by molar-refractivity contribution is 7.90. The van der Waals surface area contributed by atoms with Gasteiger partial charge in [0, 0.05) is 56.6 Å². The van der Waals surface area contributed by atoms with E-state index in [1.807, 2.05) is 25.8 Å². The van der Waals surface area contributed by atoms with Crippen LogP contribution in [0.1, 0.15) is 53.8 Å². The van der Waals surface area contributed by atoms with Gasteiger partial charge >= 0.3 is 0 Å². The lowest BCUT2D eigenvalue weighted by atomic mass is 9.88. The molecule has 0 N–H and O–H groups in total. The van der Waals surface area contributed by atoms with Crippen molar-refractivity contribution >= 4 is 15.7 Å². The van der Waals surface area contributed by atoms with Crippen LogP contribution in [-0.4, -0.2) is 98.3 Å². The van der Waals surface area contributed by atoms with Crippen LogP contribution in [0, 0.1) is 27.7 Å². The average molecular weight is 560 g/mol. The molecule has 4 rings (SSSR count). The fourth-order valence-corrected chi connectivity index (χ4v) is 8.37. The Balaban J connectivity index is 1.45. The molecule has 9 nitrogen and oxygen atoms in total. The standard InChI is InChI=1S/C29H45N5O4S/c1-20-15-26(38-7)16-21(2)29(20)39(36,37)19-27-22(3)30-34(23(27)4)18-28(35)32(6)24-9-8-10-25(17-24)33-13-11-31(5)12-14-33/h15-16,24-25H,8-14,17-19H2,1-7H3/t24-,25+/m0/s1. The van der Waals surface area contributed by atoms with Crippen molar-refractivity contribution in [2.45, 2.75) is 82.7 Å². The lowest BCUT2D eigenvalue weighted by molar-refractivity contribution is -0.133. The van der Waals surface area contributed by atoms with Gasteiger partial charge in [-0.05, 0) is 83.7 Å². The summed E-state index contributed by atoms with van der Waals surface area (Å²) in [6.07, 6.45) is 4.36. The first-order chi connectivity index (χ1) is 18.4. The number of sulfone groups is 1. The van der Waals surface area contributed by atoms with E-state index >= 15 is 0 Å². The van der Waals surface area contributed by atoms with Crippen molar-refractivity contribution in [3.63, 3.8) is 0 Å². The molecule has 39 heavy (non-hydrogen) atoms. The van der Waals surface area contributed by atoms with E-state index in [4.69, 9.17) is 4.74 Å². The second kappa shape index (κ2) is 12.0. The lowest BCUT2D eigenvalue weighted by Gasteiger charge is -2.43. The summed E-state index contributed by atoms with van der Waals surface area (Å²) < 4.78 is 34.0. The molecular formula is C29H45N5O4S. The van der Waals surface area contributed by atoms with E-state index in [0.29, 0.717) is 39.1 Å². The predicted octanol–water partition coefficient (Wildman–Crippen LogP) is 3.12. The maximum atomic E-state index is 13.5. The molecule has 1 saturated heterocycles. The summed E-state index contributed by atoms with van der Waals surface area (Å²) in [7, 11) is 2.03. The molecule has 1 aliphatic carbocycles. The van der Waals surface area contributed by atoms with Crippen LogP contribution in [0.15, 0.2) is 17.0 Å². The zero-order valence-electron chi connectivity index (χ0n) is 24.7. The van der Waals surface area contributed by atoms with Crippen LogP contribution < -0.4 is 4.74 Å². The van der Waals surface area contributed by atoms with Gasteiger partial charge in [0.1, 0.15) is 12.3 Å². The molecule has 0 bridgehead atoms. The number of ether oxygens (including phenoxy) is 1. The number of nitrogens with zero attached hydrogens (tertiary/aromatic N) is 5. The number of rotatable bonds is 8. The number of aryl methyl sites for hydroxylation is 3. The van der Waals surface area contributed by atoms with Crippen LogP contribution in [0.2, 0.25) is 0 Å². The van der Waals surface area contributed by atoms with Gasteiger partial charge in [0.25, 0.3) is 0 Å². The van der Waals surface area contributed by atoms with Crippen molar-refractivity contribution < 1.29 is 17.9 Å². The quantitative estimate of drug-likeness (QED) is 0.491. The molecule has 2 aliphatic rings. The number of carbonyl (C=O) groups is 1. The molecule has 1 aromatic carbocycles. The third-order valence-electron chi connectivity index (χ3n) is 8.75. The molecular weight excluding hydrogens is 514 g/mol. The molecule has 0 spiro atoms. The first kappa shape index (κ1) is 29.6. The number of carbonyl (C=O) groups excluding carboxylic acids is 1. The molecule has 2 atom stereocenters. The summed E-state index contributed by atoms with van der Waals surface area (Å²) in [4.78, 5) is 20.6. The smallest absolute Gasteiger partial charge is 0.244 e. The Bertz CT molecular complexity index is 1270. The van der Waals surface area contributed by atoms with Gasteiger partial charge in [0.15, 0.2) is 9.84 Å². The number of benzene rings is 1. The zero-order valence-corrected chi connectivity index (χ0v) is 25.5. The van der Waals surface area contributed by atoms with E-state index in [9.17, 15) is 13.2 Å². The Morgan fingerprint density at radius 2 is 1.72 bits per heavy atom. The Labute approximate surface area is 234 Å². The minimum Gasteiger partial charge on any atom is -0.497 e. The predicted molar refractivity (Wildman–Crippen MR) is 153 cm³/mol. The molecule has 2 heterocycles. The number of hydrogen-bond acceptors (Lipinski definition) is 7. The van der Waals surface area contributed by atoms with Crippen molar-refractivity contribution in [3.05, 3.63) is 40.2 Å². The molecule has 10 heteroatoms. The van der Waals surface area contributed by atoms with Crippen molar-refractivity contribution in [2.75, 3.05) is 47.4 Å². The number of hydrogen-bond donors (Lipinski definition) is 0. The Kier molecular flexibility index (Phi) is 9.08. The second-order valence-electron chi connectivity index (χ2n) is 11.5. The van der Waals surface area contributed by atoms with Gasteiger partial charge in [-0.1, -0.05) is 0 Å². The second-order valence-corrected chi connectivity index (χ2v) is 13.4. The number of methoxy groups -OCH3 is 1. The summed E-state index contributed by atoms with van der Waals surface area (Å²) in [6, 6.07) is 4.24. The normalized spacial score (nSPS) is 21.2. The van der Waals surface area contributed by atoms with Crippen LogP contribution in [0.25, 0.3) is 0 Å². The van der Waals surface area contributed by atoms with Crippen LogP contribution >= 0.6 is 0 Å². The topological polar surface area (TPSA) is 88.0 Å². The van der Waals surface area contributed by atoms with Crippen LogP contribution in [0.3, 0.4) is 0 Å². The Morgan fingerprint density at radius 1 is 1.08 bits per heavy atom. The SMILES string of the molecule is COc1cc(C)c(S(=O)(=O)Cc2c(C)nn(CC(=O)N(C)[C@H]3CCC[C@@H](N4CCN(C)CC4)C3)c2C)c(C)c1. The Hall–Kier alpha value is -2.43. The van der Waals surface area contributed by atoms with Crippen molar-refractivity contribution in [1.29, 1.82) is 0 Å². The number of amides is 1. The van der Waals surface area contributed by atoms with Crippen LogP contribution in [0.4, 0.5) is 0 Å². The average Bonchev–Trinajstić information content (AvgIpc) is 3.14. The van der Waals surface area contributed by atoms with E-state index in [1.54, 1.807) is 37.8 Å². The maximum Gasteiger partial charge on any atom is 0.244 e. The summed E-state index contributed by atoms with van der Waals surface area (Å²) in [5, 5.41) is 4.60. The van der Waals surface area contributed by atoms with E-state index < -0.39 is 9.84 Å². The van der Waals surface area contributed by atoms with Gasteiger partial charge in [0.05, 0.1) is 23.5 Å². The van der Waals surface area contributed by atoms with Crippen LogP contribution in [-0.2, 0) is 26.9 Å². The molecule has 0 unspecified atom stereocenters. The molecule has 1 aromatic heterocycles. The van der Waals surface area contributed by atoms with Crippen molar-refractivity contribution in [1.82, 2.24) is 24.5 Å². The number of piperazine rings is 1. The van der Waals surface area contributed by atoms with E-state index in [-0.39, 0.29) is 24.2 Å². The van der Waals surface area contributed by atoms with Crippen molar-refractivity contribution in [2.24, 2.45) is 0 Å². The van der Waals surface area contributed by atoms with Gasteiger partial charge in [0.2, 0.25) is 5.91 Å². The van der Waals surface area contributed by atoms with Crippen molar-refractivity contribution in [3.8, 4) is 5.75 Å². The molecule has 1 amide bonds. The van der Waals surface area contributed by atoms with E-state index in [2.05, 4.69) is 21.9 Å². The zero-order chi connectivity index (χ0) is 28.5. The van der Waals surface area contributed by atoms with E-state index in [1.165, 1.54) is 6.42 Å². The van der Waals surface area contributed by atoms with Gasteiger partial charge in [-0.2, -0.15) is 5.10 Å². The van der Waals surface area contributed by atoms with E-state index in [0.717, 1.165) is 51.1 Å². The number of likely N-dealkylation sites (N-methyl/N-ethyl adjacent to an activating group) is 2. The molecule has 1 saturated carbocycles. The monoisotopic (exact) mass is 559 g/mol. The van der Waals surface area contributed by atoms with Gasteiger partial charge in [-0.25, -0.2) is 8.42 Å². The maximum absolute atomic E-state index is 13.5. The molecule has 2 fully saturated rings. The minimum atomic E-state index is -3.63. The summed E-state index contributed by atoms with van der Waals surface area (Å²) in [5.41, 5.74) is 3.35. The highest BCUT2D eigenvalue weighted by Gasteiger charge is 2.32. The van der Waals surface area contributed by atoms with Gasteiger partial charge in [-0.15, -0.1) is 0 Å². The molecule has 216 valence electrons. The summed E-state index contributed by atoms with van der Waals surface area (Å²) in [5.74, 6) is 0.498. The third-order valence-corrected chi connectivity index (χ3v) is 10.7. The fourth-order valence-electron chi connectivity index (χ4n) is 6.33. The third kappa shape index (κ3) is 6.49. The summed E-state index contributed by atoms with van der Waals surface area (Å²) in [6.45, 7) is 11.8. The Morgan fingerprint density at radius 3 is 2.33 bits per heavy atom. The lowest BCUT2D eigenvalue weighted by Crippen LogP contribution is -2.52. The minimum absolute atomic E-state index is 0.0147. The fraction of sp³-hybridized carbons (Fsp3) is 0.655. The van der Waals surface area contributed by atoms with Crippen LogP contribution in [0.5, 0.6) is 5.75 Å². The number of aromatic nitrogens is 2. The summed E-state index contributed by atoms with van der Waals surface area (Å²) >= 11 is 0. The highest BCUT2D eigenvalue weighted by atomic mass is 32.2. The van der Waals surface area contributed by atoms with Gasteiger partial charge < -0.3 is 14.5 Å². The molecule has 1 aliphatic heterocycles. The van der Waals surface area contributed by atoms with Gasteiger partial charge in [-0.3, -0.25) is 14.4 Å². The largest absolute Gasteiger partial charge is 0.497 e.